The highest BCUT2D eigenvalue weighted by atomic mass is 16.5. The van der Waals surface area contributed by atoms with Crippen LogP contribution in [0.2, 0.25) is 0 Å². The number of carboxylic acid groups (broad SMARTS) is 1. The molecular weight excluding hydrogens is 254 g/mol. The molecule has 1 fully saturated rings. The molecule has 0 radical (unpaired) electrons. The number of hydrogen-bond acceptors (Lipinski definition) is 3. The largest absolute Gasteiger partial charge is 0.493 e. The summed E-state index contributed by atoms with van der Waals surface area (Å²) in [5, 5.41) is 12.6. The summed E-state index contributed by atoms with van der Waals surface area (Å²) in [5.74, 6) is 0.193. The lowest BCUT2D eigenvalue weighted by molar-refractivity contribution is -0.143. The minimum atomic E-state index is -0.647. The number of carbonyl (C=O) groups is 1. The first-order valence-corrected chi connectivity index (χ1v) is 7.43. The number of hydrogen-bond donors (Lipinski definition) is 2. The van der Waals surface area contributed by atoms with Crippen LogP contribution >= 0.6 is 0 Å². The SMILES string of the molecule is O=C(O)C1CCCC(NCc2ccc3c(c2)CCO3)C1. The quantitative estimate of drug-likeness (QED) is 0.885. The maximum Gasteiger partial charge on any atom is 0.306 e. The number of fused-ring (bicyclic) bond motifs is 1. The second-order valence-corrected chi connectivity index (χ2v) is 5.82. The zero-order valence-electron chi connectivity index (χ0n) is 11.6. The molecule has 20 heavy (non-hydrogen) atoms. The van der Waals surface area contributed by atoms with E-state index in [1.807, 2.05) is 6.07 Å². The molecule has 1 heterocycles. The lowest BCUT2D eigenvalue weighted by atomic mass is 9.85. The van der Waals surface area contributed by atoms with Crippen LogP contribution in [-0.4, -0.2) is 23.7 Å². The van der Waals surface area contributed by atoms with Crippen LogP contribution in [0, 0.1) is 5.92 Å². The standard InChI is InChI=1S/C16H21NO3/c18-16(19)13-2-1-3-14(9-13)17-10-11-4-5-15-12(8-11)6-7-20-15/h4-5,8,13-14,17H,1-3,6-7,9-10H2,(H,18,19). The minimum Gasteiger partial charge on any atom is -0.493 e. The van der Waals surface area contributed by atoms with Crippen molar-refractivity contribution < 1.29 is 14.6 Å². The average molecular weight is 275 g/mol. The molecule has 1 aromatic carbocycles. The Morgan fingerprint density at radius 3 is 3.15 bits per heavy atom. The van der Waals surface area contributed by atoms with E-state index < -0.39 is 5.97 Å². The Balaban J connectivity index is 1.55. The van der Waals surface area contributed by atoms with Gasteiger partial charge in [0.15, 0.2) is 0 Å². The monoisotopic (exact) mass is 275 g/mol. The van der Waals surface area contributed by atoms with E-state index in [2.05, 4.69) is 17.4 Å². The number of nitrogens with one attached hydrogen (secondary N) is 1. The summed E-state index contributed by atoms with van der Waals surface area (Å²) >= 11 is 0. The van der Waals surface area contributed by atoms with Crippen molar-refractivity contribution >= 4 is 5.97 Å². The highest BCUT2D eigenvalue weighted by Gasteiger charge is 2.26. The van der Waals surface area contributed by atoms with Crippen molar-refractivity contribution in [2.45, 2.75) is 44.7 Å². The van der Waals surface area contributed by atoms with E-state index in [9.17, 15) is 4.79 Å². The molecule has 0 bridgehead atoms. The van der Waals surface area contributed by atoms with Gasteiger partial charge < -0.3 is 15.2 Å². The molecule has 0 amide bonds. The molecule has 2 atom stereocenters. The number of carboxylic acids is 1. The maximum atomic E-state index is 11.1. The highest BCUT2D eigenvalue weighted by molar-refractivity contribution is 5.70. The Labute approximate surface area is 119 Å². The summed E-state index contributed by atoms with van der Waals surface area (Å²) in [7, 11) is 0. The second kappa shape index (κ2) is 5.83. The lowest BCUT2D eigenvalue weighted by Gasteiger charge is -2.27. The number of rotatable bonds is 4. The first kappa shape index (κ1) is 13.4. The van der Waals surface area contributed by atoms with Crippen molar-refractivity contribution in [3.63, 3.8) is 0 Å². The van der Waals surface area contributed by atoms with Gasteiger partial charge in [-0.25, -0.2) is 0 Å². The Morgan fingerprint density at radius 2 is 2.30 bits per heavy atom. The van der Waals surface area contributed by atoms with Crippen LogP contribution in [0.4, 0.5) is 0 Å². The van der Waals surface area contributed by atoms with Crippen LogP contribution in [0.1, 0.15) is 36.8 Å². The van der Waals surface area contributed by atoms with Crippen LogP contribution in [0.5, 0.6) is 5.75 Å². The topological polar surface area (TPSA) is 58.6 Å². The van der Waals surface area contributed by atoms with Gasteiger partial charge in [-0.15, -0.1) is 0 Å². The van der Waals surface area contributed by atoms with Gasteiger partial charge in [-0.2, -0.15) is 0 Å². The normalized spacial score (nSPS) is 25.0. The first-order chi connectivity index (χ1) is 9.72. The van der Waals surface area contributed by atoms with Gasteiger partial charge in [0.25, 0.3) is 0 Å². The molecule has 3 rings (SSSR count). The molecule has 2 unspecified atom stereocenters. The van der Waals surface area contributed by atoms with E-state index in [0.717, 1.165) is 51.0 Å². The molecule has 2 N–H and O–H groups in total. The van der Waals surface area contributed by atoms with E-state index in [1.54, 1.807) is 0 Å². The van der Waals surface area contributed by atoms with E-state index in [0.29, 0.717) is 6.04 Å². The van der Waals surface area contributed by atoms with E-state index >= 15 is 0 Å². The molecule has 1 saturated carbocycles. The number of benzene rings is 1. The summed E-state index contributed by atoms with van der Waals surface area (Å²) in [4.78, 5) is 11.1. The number of aliphatic carboxylic acids is 1. The molecular formula is C16H21NO3. The fourth-order valence-corrected chi connectivity index (χ4v) is 3.21. The van der Waals surface area contributed by atoms with Crippen LogP contribution in [0.15, 0.2) is 18.2 Å². The van der Waals surface area contributed by atoms with Gasteiger partial charge in [-0.1, -0.05) is 18.6 Å². The van der Waals surface area contributed by atoms with Gasteiger partial charge in [0.1, 0.15) is 5.75 Å². The smallest absolute Gasteiger partial charge is 0.306 e. The Morgan fingerprint density at radius 1 is 1.40 bits per heavy atom. The van der Waals surface area contributed by atoms with Crippen LogP contribution < -0.4 is 10.1 Å². The van der Waals surface area contributed by atoms with Crippen molar-refractivity contribution in [1.82, 2.24) is 5.32 Å². The number of ether oxygens (including phenoxy) is 1. The van der Waals surface area contributed by atoms with Gasteiger partial charge in [-0.05, 0) is 36.5 Å². The molecule has 1 aliphatic heterocycles. The van der Waals surface area contributed by atoms with E-state index in [1.165, 1.54) is 11.1 Å². The molecule has 0 aromatic heterocycles. The Hall–Kier alpha value is -1.55. The fourth-order valence-electron chi connectivity index (χ4n) is 3.21. The van der Waals surface area contributed by atoms with Gasteiger partial charge >= 0.3 is 5.97 Å². The molecule has 2 aliphatic rings. The predicted molar refractivity (Wildman–Crippen MR) is 75.9 cm³/mol. The third-order valence-corrected chi connectivity index (χ3v) is 4.37. The van der Waals surface area contributed by atoms with Gasteiger partial charge in [0, 0.05) is 19.0 Å². The van der Waals surface area contributed by atoms with Crippen molar-refractivity contribution in [1.29, 1.82) is 0 Å². The molecule has 0 spiro atoms. The van der Waals surface area contributed by atoms with Gasteiger partial charge in [-0.3, -0.25) is 4.79 Å². The minimum absolute atomic E-state index is 0.172. The van der Waals surface area contributed by atoms with Crippen molar-refractivity contribution in [2.75, 3.05) is 6.61 Å². The second-order valence-electron chi connectivity index (χ2n) is 5.82. The third-order valence-electron chi connectivity index (χ3n) is 4.37. The molecule has 1 aromatic rings. The summed E-state index contributed by atoms with van der Waals surface area (Å²) in [6.45, 7) is 1.60. The summed E-state index contributed by atoms with van der Waals surface area (Å²) < 4.78 is 5.50. The first-order valence-electron chi connectivity index (χ1n) is 7.43. The summed E-state index contributed by atoms with van der Waals surface area (Å²) in [6, 6.07) is 6.66. The molecule has 1 aliphatic carbocycles. The van der Waals surface area contributed by atoms with Crippen LogP contribution in [-0.2, 0) is 17.8 Å². The van der Waals surface area contributed by atoms with Crippen molar-refractivity contribution in [3.05, 3.63) is 29.3 Å². The predicted octanol–water partition coefficient (Wildman–Crippen LogP) is 2.35. The molecule has 4 nitrogen and oxygen atoms in total. The van der Waals surface area contributed by atoms with Gasteiger partial charge in [0.2, 0.25) is 0 Å². The van der Waals surface area contributed by atoms with Crippen molar-refractivity contribution in [2.24, 2.45) is 5.92 Å². The lowest BCUT2D eigenvalue weighted by Crippen LogP contribution is -2.36. The van der Waals surface area contributed by atoms with Crippen LogP contribution in [0.25, 0.3) is 0 Å². The van der Waals surface area contributed by atoms with E-state index in [-0.39, 0.29) is 5.92 Å². The van der Waals surface area contributed by atoms with Gasteiger partial charge in [0.05, 0.1) is 12.5 Å². The fraction of sp³-hybridized carbons (Fsp3) is 0.562. The molecule has 108 valence electrons. The molecule has 0 saturated heterocycles. The molecule has 4 heteroatoms. The Kier molecular flexibility index (Phi) is 3.92. The Bertz CT molecular complexity index is 500. The highest BCUT2D eigenvalue weighted by Crippen LogP contribution is 2.27. The average Bonchev–Trinajstić information content (AvgIpc) is 2.93. The summed E-state index contributed by atoms with van der Waals surface area (Å²) in [5.41, 5.74) is 2.54. The zero-order chi connectivity index (χ0) is 13.9. The zero-order valence-corrected chi connectivity index (χ0v) is 11.6. The van der Waals surface area contributed by atoms with Crippen molar-refractivity contribution in [3.8, 4) is 5.75 Å². The van der Waals surface area contributed by atoms with Crippen LogP contribution in [0.3, 0.4) is 0 Å². The summed E-state index contributed by atoms with van der Waals surface area (Å²) in [6.07, 6.45) is 4.66. The maximum absolute atomic E-state index is 11.1. The van der Waals surface area contributed by atoms with E-state index in [4.69, 9.17) is 9.84 Å². The third kappa shape index (κ3) is 2.96.